The molecular formula is C30H27FN4O7S. The molecule has 0 spiro atoms. The van der Waals surface area contributed by atoms with Gasteiger partial charge in [-0.1, -0.05) is 6.07 Å². The van der Waals surface area contributed by atoms with Gasteiger partial charge in [0.1, 0.15) is 11.6 Å². The van der Waals surface area contributed by atoms with Crippen molar-refractivity contribution in [3.63, 3.8) is 0 Å². The molecule has 1 aromatic heterocycles. The number of fused-ring (bicyclic) bond motifs is 3. The lowest BCUT2D eigenvalue weighted by Crippen LogP contribution is -2.74. The van der Waals surface area contributed by atoms with E-state index in [1.165, 1.54) is 42.5 Å². The molecule has 0 aliphatic heterocycles. The van der Waals surface area contributed by atoms with Crippen molar-refractivity contribution in [1.29, 1.82) is 0 Å². The summed E-state index contributed by atoms with van der Waals surface area (Å²) >= 11 is 1.22. The van der Waals surface area contributed by atoms with Gasteiger partial charge in [-0.2, -0.15) is 0 Å². The lowest BCUT2D eigenvalue weighted by Gasteiger charge is -2.52. The summed E-state index contributed by atoms with van der Waals surface area (Å²) in [6.07, 6.45) is 0.154. The van der Waals surface area contributed by atoms with Crippen LogP contribution in [0.3, 0.4) is 0 Å². The van der Waals surface area contributed by atoms with Gasteiger partial charge in [0.2, 0.25) is 5.91 Å². The van der Waals surface area contributed by atoms with Gasteiger partial charge in [0.25, 0.3) is 0 Å². The maximum atomic E-state index is 13.9. The second-order valence-corrected chi connectivity index (χ2v) is 12.3. The number of anilines is 2. The Bertz CT molecular complexity index is 1720. The van der Waals surface area contributed by atoms with Crippen LogP contribution in [0.2, 0.25) is 0 Å². The van der Waals surface area contributed by atoms with Gasteiger partial charge in [-0.25, -0.2) is 9.37 Å². The van der Waals surface area contributed by atoms with Gasteiger partial charge >= 0.3 is 0 Å². The number of phenolic OH excluding ortho intramolecular Hbond substituents is 1. The van der Waals surface area contributed by atoms with E-state index in [4.69, 9.17) is 5.73 Å². The van der Waals surface area contributed by atoms with Crippen LogP contribution < -0.4 is 11.1 Å². The molecule has 0 radical (unpaired) electrons. The molecule has 3 aliphatic rings. The fraction of sp³-hybridized carbons (Fsp3) is 0.333. The third kappa shape index (κ3) is 4.29. The number of nitrogens with one attached hydrogen (secondary N) is 1. The SMILES string of the molecule is CN(C)[C@H]1C(=O)C(C(N)=O)C(=O)[C@]2(O)C(=O)C3C(=O)c4c(ccc(Nc5nc(-c6ccc(F)cc6)cs5)c4O)C[C@@H]3C[C@H]12. The molecule has 1 heterocycles. The van der Waals surface area contributed by atoms with Crippen LogP contribution >= 0.6 is 11.3 Å². The number of hydrogen-bond acceptors (Lipinski definition) is 11. The van der Waals surface area contributed by atoms with Gasteiger partial charge in [0, 0.05) is 16.9 Å². The topological polar surface area (TPSA) is 180 Å². The number of halogens is 1. The largest absolute Gasteiger partial charge is 0.505 e. The zero-order chi connectivity index (χ0) is 31.0. The van der Waals surface area contributed by atoms with Crippen LogP contribution in [0.4, 0.5) is 15.2 Å². The number of benzene rings is 2. The summed E-state index contributed by atoms with van der Waals surface area (Å²) in [6, 6.07) is 7.87. The van der Waals surface area contributed by atoms with Gasteiger partial charge < -0.3 is 21.3 Å². The summed E-state index contributed by atoms with van der Waals surface area (Å²) in [4.78, 5) is 72.4. The second kappa shape index (κ2) is 10.1. The Balaban J connectivity index is 1.34. The first kappa shape index (κ1) is 28.8. The number of carbonyl (C=O) groups excluding carboxylic acids is 5. The molecule has 11 nitrogen and oxygen atoms in total. The number of phenols is 1. The highest BCUT2D eigenvalue weighted by molar-refractivity contribution is 7.14. The minimum atomic E-state index is -2.78. The Morgan fingerprint density at radius 2 is 1.81 bits per heavy atom. The van der Waals surface area contributed by atoms with Crippen LogP contribution in [0.5, 0.6) is 5.75 Å². The van der Waals surface area contributed by atoms with Crippen molar-refractivity contribution in [2.75, 3.05) is 19.4 Å². The van der Waals surface area contributed by atoms with Crippen LogP contribution in [-0.4, -0.2) is 74.9 Å². The number of ketones is 4. The number of aromatic hydroxyl groups is 1. The van der Waals surface area contributed by atoms with E-state index < -0.39 is 70.1 Å². The highest BCUT2D eigenvalue weighted by Crippen LogP contribution is 2.51. The molecule has 6 atom stereocenters. The van der Waals surface area contributed by atoms with Crippen molar-refractivity contribution < 1.29 is 38.6 Å². The van der Waals surface area contributed by atoms with Crippen molar-refractivity contribution in [3.8, 4) is 17.0 Å². The van der Waals surface area contributed by atoms with E-state index in [0.717, 1.165) is 0 Å². The Hall–Kier alpha value is -4.33. The predicted molar refractivity (Wildman–Crippen MR) is 152 cm³/mol. The van der Waals surface area contributed by atoms with Crippen molar-refractivity contribution >= 4 is 51.2 Å². The predicted octanol–water partition coefficient (Wildman–Crippen LogP) is 1.87. The van der Waals surface area contributed by atoms with E-state index in [-0.39, 0.29) is 29.9 Å². The van der Waals surface area contributed by atoms with Gasteiger partial charge in [0.05, 0.1) is 28.9 Å². The highest BCUT2D eigenvalue weighted by Gasteiger charge is 2.69. The van der Waals surface area contributed by atoms with Crippen molar-refractivity contribution in [2.45, 2.75) is 24.5 Å². The van der Waals surface area contributed by atoms with E-state index in [1.54, 1.807) is 29.6 Å². The third-order valence-corrected chi connectivity index (χ3v) is 9.58. The summed E-state index contributed by atoms with van der Waals surface area (Å²) in [5, 5.41) is 28.0. The van der Waals surface area contributed by atoms with Crippen LogP contribution in [0.15, 0.2) is 41.8 Å². The number of nitrogens with two attached hydrogens (primary N) is 1. The lowest BCUT2D eigenvalue weighted by molar-refractivity contribution is -0.181. The number of nitrogens with zero attached hydrogens (tertiary/aromatic N) is 2. The van der Waals surface area contributed by atoms with E-state index >= 15 is 0 Å². The molecule has 13 heteroatoms. The fourth-order valence-electron chi connectivity index (χ4n) is 6.88. The summed E-state index contributed by atoms with van der Waals surface area (Å²) < 4.78 is 13.3. The first-order valence-corrected chi connectivity index (χ1v) is 14.4. The Kier molecular flexibility index (Phi) is 6.79. The van der Waals surface area contributed by atoms with Gasteiger partial charge in [0.15, 0.2) is 39.8 Å². The summed E-state index contributed by atoms with van der Waals surface area (Å²) in [6.45, 7) is 0. The lowest BCUT2D eigenvalue weighted by atomic mass is 9.52. The number of Topliss-reactive ketones (excluding diaryl/α,β-unsaturated/α-hetero) is 4. The minimum absolute atomic E-state index is 0.0179. The number of primary amides is 1. The number of hydrogen-bond donors (Lipinski definition) is 4. The number of amides is 1. The number of aromatic nitrogens is 1. The average molecular weight is 607 g/mol. The fourth-order valence-corrected chi connectivity index (χ4v) is 7.61. The first-order chi connectivity index (χ1) is 20.3. The summed E-state index contributed by atoms with van der Waals surface area (Å²) in [5.41, 5.74) is 4.33. The van der Waals surface area contributed by atoms with E-state index in [1.807, 2.05) is 0 Å². The number of likely N-dealkylation sites (N-methyl/N-ethyl adjacent to an activating group) is 1. The molecular weight excluding hydrogens is 579 g/mol. The van der Waals surface area contributed by atoms with Crippen molar-refractivity contribution in [2.24, 2.45) is 29.4 Å². The highest BCUT2D eigenvalue weighted by atomic mass is 32.1. The van der Waals surface area contributed by atoms with Crippen LogP contribution in [-0.2, 0) is 25.6 Å². The monoisotopic (exact) mass is 606 g/mol. The molecule has 2 fully saturated rings. The van der Waals surface area contributed by atoms with Crippen LogP contribution in [0.25, 0.3) is 11.3 Å². The molecule has 3 aromatic rings. The number of thiazole rings is 1. The van der Waals surface area contributed by atoms with Crippen LogP contribution in [0.1, 0.15) is 22.3 Å². The number of aliphatic hydroxyl groups is 1. The van der Waals surface area contributed by atoms with E-state index in [9.17, 15) is 38.6 Å². The molecule has 0 bridgehead atoms. The molecule has 0 saturated heterocycles. The smallest absolute Gasteiger partial charge is 0.235 e. The zero-order valence-corrected chi connectivity index (χ0v) is 23.9. The van der Waals surface area contributed by atoms with Gasteiger partial charge in [-0.3, -0.25) is 28.9 Å². The molecule has 6 rings (SSSR count). The average Bonchev–Trinajstić information content (AvgIpc) is 3.41. The maximum Gasteiger partial charge on any atom is 0.235 e. The standard InChI is InChI=1S/C30H27FN4O7S/c1-35(2)22-16-10-14-9-13-5-8-17(33-29-34-18(11-43-29)12-3-6-15(31)7-4-12)23(36)19(13)24(37)20(14)26(39)30(16,42)27(40)21(25(22)38)28(32)41/h3-8,11,14,16,20-22,36,42H,9-10H2,1-2H3,(H2,32,41)(H,33,34)/t14-,16-,20?,21?,22-,30-/m1/s1. The summed E-state index contributed by atoms with van der Waals surface area (Å²) in [7, 11) is 3.07. The van der Waals surface area contributed by atoms with Crippen LogP contribution in [0, 0.1) is 29.5 Å². The third-order valence-electron chi connectivity index (χ3n) is 8.82. The molecule has 2 aromatic carbocycles. The number of carbonyl (C=O) groups is 5. The molecule has 2 saturated carbocycles. The van der Waals surface area contributed by atoms with Crippen molar-refractivity contribution in [3.05, 3.63) is 58.7 Å². The molecule has 3 aliphatic carbocycles. The molecule has 43 heavy (non-hydrogen) atoms. The Morgan fingerprint density at radius 1 is 1.12 bits per heavy atom. The first-order valence-electron chi connectivity index (χ1n) is 13.5. The Morgan fingerprint density at radius 3 is 2.47 bits per heavy atom. The molecule has 1 amide bonds. The van der Waals surface area contributed by atoms with Crippen molar-refractivity contribution in [1.82, 2.24) is 9.88 Å². The van der Waals surface area contributed by atoms with E-state index in [0.29, 0.717) is 22.0 Å². The molecule has 222 valence electrons. The quantitative estimate of drug-likeness (QED) is 0.247. The summed E-state index contributed by atoms with van der Waals surface area (Å²) in [5.74, 6) is -11.4. The van der Waals surface area contributed by atoms with Gasteiger partial charge in [-0.15, -0.1) is 11.3 Å². The number of rotatable bonds is 5. The molecule has 2 unspecified atom stereocenters. The maximum absolute atomic E-state index is 13.9. The minimum Gasteiger partial charge on any atom is -0.505 e. The Labute approximate surface area is 248 Å². The normalized spacial score (nSPS) is 28.3. The van der Waals surface area contributed by atoms with Gasteiger partial charge in [-0.05, 0) is 68.8 Å². The zero-order valence-electron chi connectivity index (χ0n) is 23.0. The molecule has 5 N–H and O–H groups in total. The van der Waals surface area contributed by atoms with E-state index in [2.05, 4.69) is 10.3 Å². The second-order valence-electron chi connectivity index (χ2n) is 11.5.